The summed E-state index contributed by atoms with van der Waals surface area (Å²) in [4.78, 5) is 16.7. The Labute approximate surface area is 167 Å². The number of nitrogens with zero attached hydrogens (tertiary/aromatic N) is 2. The molecular weight excluding hydrogens is 407 g/mol. The van der Waals surface area contributed by atoms with Crippen molar-refractivity contribution in [1.29, 1.82) is 0 Å². The fourth-order valence-corrected chi connectivity index (χ4v) is 3.79. The molecule has 2 aromatic heterocycles. The van der Waals surface area contributed by atoms with E-state index in [0.717, 1.165) is 23.1 Å². The number of Topliss-reactive ketones (excluding diaryl/α,β-unsaturated/α-hetero) is 1. The van der Waals surface area contributed by atoms with Crippen molar-refractivity contribution in [1.82, 2.24) is 9.55 Å². The fourth-order valence-electron chi connectivity index (χ4n) is 2.79. The topological polar surface area (TPSA) is 69.0 Å². The minimum Gasteiger partial charge on any atom is -0.333 e. The number of carbonyl (C=O) groups is 1. The summed E-state index contributed by atoms with van der Waals surface area (Å²) in [6.07, 6.45) is 4.37. The molecule has 5 nitrogen and oxygen atoms in total. The number of halogens is 2. The van der Waals surface area contributed by atoms with Gasteiger partial charge < -0.3 is 4.57 Å². The Morgan fingerprint density at radius 1 is 1.15 bits per heavy atom. The van der Waals surface area contributed by atoms with Gasteiger partial charge in [-0.05, 0) is 48.0 Å². The van der Waals surface area contributed by atoms with E-state index in [9.17, 15) is 13.2 Å². The van der Waals surface area contributed by atoms with Gasteiger partial charge in [-0.25, -0.2) is 8.42 Å². The average molecular weight is 423 g/mol. The highest BCUT2D eigenvalue weighted by Gasteiger charge is 2.20. The van der Waals surface area contributed by atoms with Crippen LogP contribution in [-0.4, -0.2) is 35.8 Å². The van der Waals surface area contributed by atoms with Crippen LogP contribution in [-0.2, 0) is 16.4 Å². The van der Waals surface area contributed by atoms with Crippen LogP contribution in [0.1, 0.15) is 16.1 Å². The summed E-state index contributed by atoms with van der Waals surface area (Å²) in [6, 6.07) is 12.1. The zero-order valence-electron chi connectivity index (χ0n) is 14.4. The Morgan fingerprint density at radius 3 is 2.59 bits per heavy atom. The maximum absolute atomic E-state index is 12.6. The van der Waals surface area contributed by atoms with Crippen LogP contribution < -0.4 is 0 Å². The average Bonchev–Trinajstić information content (AvgIpc) is 3.01. The first kappa shape index (κ1) is 19.6. The normalized spacial score (nSPS) is 11.5. The smallest absolute Gasteiger partial charge is 0.194 e. The van der Waals surface area contributed by atoms with Gasteiger partial charge in [0.15, 0.2) is 15.6 Å². The van der Waals surface area contributed by atoms with Crippen LogP contribution in [0.15, 0.2) is 54.9 Å². The summed E-state index contributed by atoms with van der Waals surface area (Å²) in [5, 5.41) is 1.03. The molecule has 0 amide bonds. The molecule has 0 aliphatic heterocycles. The van der Waals surface area contributed by atoms with Gasteiger partial charge in [-0.15, -0.1) is 0 Å². The Kier molecular flexibility index (Phi) is 5.69. The molecule has 3 aromatic rings. The van der Waals surface area contributed by atoms with Crippen LogP contribution in [0, 0.1) is 0 Å². The second-order valence-corrected chi connectivity index (χ2v) is 9.14. The molecule has 2 heterocycles. The molecule has 0 saturated heterocycles. The molecule has 0 saturated carbocycles. The van der Waals surface area contributed by atoms with Gasteiger partial charge in [0.25, 0.3) is 0 Å². The highest BCUT2D eigenvalue weighted by Crippen LogP contribution is 2.27. The Morgan fingerprint density at radius 2 is 1.93 bits per heavy atom. The lowest BCUT2D eigenvalue weighted by Crippen LogP contribution is -2.19. The van der Waals surface area contributed by atoms with Crippen LogP contribution in [0.3, 0.4) is 0 Å². The van der Waals surface area contributed by atoms with Crippen molar-refractivity contribution in [3.05, 3.63) is 76.2 Å². The van der Waals surface area contributed by atoms with Gasteiger partial charge in [0.05, 0.1) is 11.4 Å². The van der Waals surface area contributed by atoms with Crippen molar-refractivity contribution in [3.63, 3.8) is 0 Å². The largest absolute Gasteiger partial charge is 0.333 e. The van der Waals surface area contributed by atoms with Gasteiger partial charge >= 0.3 is 0 Å². The predicted octanol–water partition coefficient (Wildman–Crippen LogP) is 4.13. The molecule has 0 aliphatic rings. The number of carbonyl (C=O) groups excluding carboxylic acids is 1. The first-order valence-electron chi connectivity index (χ1n) is 7.99. The minimum absolute atomic E-state index is 0.265. The lowest BCUT2D eigenvalue weighted by atomic mass is 10.2. The van der Waals surface area contributed by atoms with Gasteiger partial charge in [-0.1, -0.05) is 23.2 Å². The first-order valence-corrected chi connectivity index (χ1v) is 10.8. The van der Waals surface area contributed by atoms with Crippen LogP contribution >= 0.6 is 23.2 Å². The Balaban J connectivity index is 2.11. The Bertz CT molecular complexity index is 1090. The molecule has 27 heavy (non-hydrogen) atoms. The zero-order valence-corrected chi connectivity index (χ0v) is 16.7. The van der Waals surface area contributed by atoms with Crippen molar-refractivity contribution in [2.45, 2.75) is 6.54 Å². The van der Waals surface area contributed by atoms with Gasteiger partial charge in [0, 0.05) is 40.8 Å². The fraction of sp³-hybridized carbons (Fsp3) is 0.158. The maximum Gasteiger partial charge on any atom is 0.194 e. The number of ketones is 1. The second-order valence-electron chi connectivity index (χ2n) is 6.16. The lowest BCUT2D eigenvalue weighted by molar-refractivity contribution is 0.101. The van der Waals surface area contributed by atoms with E-state index in [4.69, 9.17) is 23.2 Å². The molecule has 0 aliphatic carbocycles. The van der Waals surface area contributed by atoms with E-state index >= 15 is 0 Å². The van der Waals surface area contributed by atoms with E-state index in [1.807, 2.05) is 6.07 Å². The van der Waals surface area contributed by atoms with Crippen molar-refractivity contribution >= 4 is 38.8 Å². The number of hydrogen-bond donors (Lipinski definition) is 0. The molecule has 0 N–H and O–H groups in total. The highest BCUT2D eigenvalue weighted by molar-refractivity contribution is 7.91. The van der Waals surface area contributed by atoms with E-state index < -0.39 is 21.4 Å². The molecule has 0 atom stereocenters. The first-order chi connectivity index (χ1) is 12.7. The summed E-state index contributed by atoms with van der Waals surface area (Å²) in [7, 11) is -3.45. The van der Waals surface area contributed by atoms with E-state index in [1.54, 1.807) is 53.4 Å². The van der Waals surface area contributed by atoms with E-state index in [0.29, 0.717) is 10.0 Å². The number of rotatable bonds is 6. The Hall–Kier alpha value is -2.15. The third kappa shape index (κ3) is 4.77. The van der Waals surface area contributed by atoms with Crippen LogP contribution in [0.4, 0.5) is 0 Å². The minimum atomic E-state index is -3.45. The summed E-state index contributed by atoms with van der Waals surface area (Å²) >= 11 is 12.4. The molecule has 0 fully saturated rings. The molecule has 0 spiro atoms. The van der Waals surface area contributed by atoms with Gasteiger partial charge in [0.2, 0.25) is 0 Å². The third-order valence-electron chi connectivity index (χ3n) is 3.95. The molecule has 3 rings (SSSR count). The quantitative estimate of drug-likeness (QED) is 0.559. The van der Waals surface area contributed by atoms with Crippen LogP contribution in [0.25, 0.3) is 11.3 Å². The number of pyridine rings is 1. The van der Waals surface area contributed by atoms with Crippen molar-refractivity contribution in [2.24, 2.45) is 0 Å². The molecule has 1 aromatic carbocycles. The standard InChI is InChI=1S/C19H16Cl2N2O3S/c1-27(25,26)12-19(24)18-7-6-17(13-3-2-8-22-10-13)23(18)11-14-9-15(20)4-5-16(14)21/h2-10H,11-12H2,1H3. The van der Waals surface area contributed by atoms with Gasteiger partial charge in [-0.3, -0.25) is 9.78 Å². The number of benzene rings is 1. The number of aromatic nitrogens is 2. The summed E-state index contributed by atoms with van der Waals surface area (Å²) < 4.78 is 24.9. The monoisotopic (exact) mass is 422 g/mol. The SMILES string of the molecule is CS(=O)(=O)CC(=O)c1ccc(-c2cccnc2)n1Cc1cc(Cl)ccc1Cl. The predicted molar refractivity (Wildman–Crippen MR) is 107 cm³/mol. The number of sulfone groups is 1. The van der Waals surface area contributed by atoms with E-state index in [2.05, 4.69) is 4.98 Å². The third-order valence-corrected chi connectivity index (χ3v) is 5.34. The molecule has 0 bridgehead atoms. The van der Waals surface area contributed by atoms with Crippen LogP contribution in [0.2, 0.25) is 10.0 Å². The highest BCUT2D eigenvalue weighted by atomic mass is 35.5. The molecular formula is C19H16Cl2N2O3S. The zero-order chi connectivity index (χ0) is 19.6. The summed E-state index contributed by atoms with van der Waals surface area (Å²) in [5.74, 6) is -1.04. The summed E-state index contributed by atoms with van der Waals surface area (Å²) in [6.45, 7) is 0.265. The van der Waals surface area contributed by atoms with Crippen molar-refractivity contribution < 1.29 is 13.2 Å². The number of hydrogen-bond acceptors (Lipinski definition) is 4. The van der Waals surface area contributed by atoms with Crippen molar-refractivity contribution in [2.75, 3.05) is 12.0 Å². The molecule has 0 radical (unpaired) electrons. The van der Waals surface area contributed by atoms with Crippen molar-refractivity contribution in [3.8, 4) is 11.3 Å². The molecule has 140 valence electrons. The van der Waals surface area contributed by atoms with E-state index in [-0.39, 0.29) is 12.2 Å². The van der Waals surface area contributed by atoms with Crippen LogP contribution in [0.5, 0.6) is 0 Å². The summed E-state index contributed by atoms with van der Waals surface area (Å²) in [5.41, 5.74) is 2.54. The van der Waals surface area contributed by atoms with Gasteiger partial charge in [0.1, 0.15) is 5.75 Å². The lowest BCUT2D eigenvalue weighted by Gasteiger charge is -2.14. The maximum atomic E-state index is 12.6. The van der Waals surface area contributed by atoms with E-state index in [1.165, 1.54) is 0 Å². The molecule has 8 heteroatoms. The van der Waals surface area contributed by atoms with Gasteiger partial charge in [-0.2, -0.15) is 0 Å². The molecule has 0 unspecified atom stereocenters. The second kappa shape index (κ2) is 7.84.